The molecule has 0 bridgehead atoms. The molecule has 1 unspecified atom stereocenters. The van der Waals surface area contributed by atoms with Gasteiger partial charge in [-0.1, -0.05) is 36.4 Å². The molecule has 126 valence electrons. The predicted octanol–water partition coefficient (Wildman–Crippen LogP) is 3.26. The number of likely N-dealkylation sites (tertiary alicyclic amines) is 1. The summed E-state index contributed by atoms with van der Waals surface area (Å²) in [6.45, 7) is 5.66. The molecule has 0 saturated carbocycles. The van der Waals surface area contributed by atoms with E-state index in [0.29, 0.717) is 6.04 Å². The van der Waals surface area contributed by atoms with Crippen molar-refractivity contribution in [1.29, 1.82) is 0 Å². The maximum Gasteiger partial charge on any atom is 0.133 e. The van der Waals surface area contributed by atoms with Gasteiger partial charge in [0.2, 0.25) is 0 Å². The minimum atomic E-state index is 0.469. The number of hydrogen-bond acceptors (Lipinski definition) is 4. The van der Waals surface area contributed by atoms with Crippen LogP contribution in [-0.2, 0) is 11.3 Å². The van der Waals surface area contributed by atoms with Crippen LogP contribution in [0.2, 0.25) is 0 Å². The molecule has 1 aromatic heterocycles. The normalized spacial score (nSPS) is 22.0. The fourth-order valence-electron chi connectivity index (χ4n) is 3.89. The Bertz CT molecular complexity index is 655. The van der Waals surface area contributed by atoms with Gasteiger partial charge in [-0.3, -0.25) is 4.90 Å². The van der Waals surface area contributed by atoms with Crippen molar-refractivity contribution in [3.05, 3.63) is 59.8 Å². The molecular formula is C20H25N3O. The molecular weight excluding hydrogens is 298 g/mol. The molecule has 2 aromatic rings. The highest BCUT2D eigenvalue weighted by atomic mass is 16.5. The van der Waals surface area contributed by atoms with Gasteiger partial charge in [-0.05, 0) is 31.0 Å². The topological polar surface area (TPSA) is 28.6 Å². The van der Waals surface area contributed by atoms with E-state index in [1.54, 1.807) is 0 Å². The molecule has 2 aliphatic rings. The van der Waals surface area contributed by atoms with Gasteiger partial charge in [0.25, 0.3) is 0 Å². The number of benzene rings is 1. The zero-order valence-electron chi connectivity index (χ0n) is 14.1. The molecule has 1 aromatic carbocycles. The number of rotatable bonds is 4. The number of aromatic nitrogens is 1. The summed E-state index contributed by atoms with van der Waals surface area (Å²) in [7, 11) is 0. The van der Waals surface area contributed by atoms with Gasteiger partial charge in [0.1, 0.15) is 5.82 Å². The number of anilines is 1. The van der Waals surface area contributed by atoms with E-state index in [1.165, 1.54) is 24.0 Å². The number of hydrogen-bond donors (Lipinski definition) is 0. The fraction of sp³-hybridized carbons (Fsp3) is 0.450. The maximum absolute atomic E-state index is 5.51. The van der Waals surface area contributed by atoms with Crippen molar-refractivity contribution < 1.29 is 4.74 Å². The van der Waals surface area contributed by atoms with E-state index in [4.69, 9.17) is 9.72 Å². The highest BCUT2D eigenvalue weighted by Crippen LogP contribution is 2.37. The third-order valence-corrected chi connectivity index (χ3v) is 5.08. The Morgan fingerprint density at radius 1 is 1.00 bits per heavy atom. The maximum atomic E-state index is 5.51. The molecule has 1 atom stereocenters. The average Bonchev–Trinajstić information content (AvgIpc) is 3.11. The lowest BCUT2D eigenvalue weighted by Crippen LogP contribution is -2.38. The second-order valence-corrected chi connectivity index (χ2v) is 6.63. The van der Waals surface area contributed by atoms with Gasteiger partial charge < -0.3 is 9.64 Å². The van der Waals surface area contributed by atoms with Crippen molar-refractivity contribution in [1.82, 2.24) is 9.88 Å². The summed E-state index contributed by atoms with van der Waals surface area (Å²) < 4.78 is 5.51. The Hall–Kier alpha value is -1.91. The zero-order chi connectivity index (χ0) is 16.2. The SMILES string of the molecule is c1ccc(CN2CCCC2c2cccnc2N2CCOCC2)cc1. The lowest BCUT2D eigenvalue weighted by molar-refractivity contribution is 0.122. The lowest BCUT2D eigenvalue weighted by Gasteiger charge is -2.32. The van der Waals surface area contributed by atoms with Gasteiger partial charge >= 0.3 is 0 Å². The predicted molar refractivity (Wildman–Crippen MR) is 96.1 cm³/mol. The molecule has 0 N–H and O–H groups in total. The smallest absolute Gasteiger partial charge is 0.133 e. The van der Waals surface area contributed by atoms with Gasteiger partial charge in [-0.2, -0.15) is 0 Å². The van der Waals surface area contributed by atoms with Crippen LogP contribution in [0, 0.1) is 0 Å². The highest BCUT2D eigenvalue weighted by Gasteiger charge is 2.29. The number of morpholine rings is 1. The Labute approximate surface area is 144 Å². The van der Waals surface area contributed by atoms with E-state index in [0.717, 1.165) is 45.2 Å². The van der Waals surface area contributed by atoms with Crippen molar-refractivity contribution in [2.24, 2.45) is 0 Å². The molecule has 0 spiro atoms. The second-order valence-electron chi connectivity index (χ2n) is 6.63. The molecule has 0 radical (unpaired) electrons. The van der Waals surface area contributed by atoms with Gasteiger partial charge in [-0.25, -0.2) is 4.98 Å². The number of nitrogens with zero attached hydrogens (tertiary/aromatic N) is 3. The Morgan fingerprint density at radius 3 is 2.67 bits per heavy atom. The first-order valence-corrected chi connectivity index (χ1v) is 8.97. The lowest BCUT2D eigenvalue weighted by atomic mass is 10.0. The molecule has 2 aliphatic heterocycles. The van der Waals surface area contributed by atoms with E-state index in [1.807, 2.05) is 6.20 Å². The first kappa shape index (κ1) is 15.6. The third-order valence-electron chi connectivity index (χ3n) is 5.08. The van der Waals surface area contributed by atoms with Gasteiger partial charge in [0, 0.05) is 37.4 Å². The summed E-state index contributed by atoms with van der Waals surface area (Å²) >= 11 is 0. The van der Waals surface area contributed by atoms with Gasteiger partial charge in [-0.15, -0.1) is 0 Å². The molecule has 3 heterocycles. The van der Waals surface area contributed by atoms with E-state index in [2.05, 4.69) is 52.3 Å². The van der Waals surface area contributed by atoms with Crippen molar-refractivity contribution in [3.63, 3.8) is 0 Å². The average molecular weight is 323 g/mol. The monoisotopic (exact) mass is 323 g/mol. The second kappa shape index (κ2) is 7.32. The number of ether oxygens (including phenoxy) is 1. The van der Waals surface area contributed by atoms with Crippen LogP contribution in [-0.4, -0.2) is 42.7 Å². The van der Waals surface area contributed by atoms with E-state index in [-0.39, 0.29) is 0 Å². The zero-order valence-corrected chi connectivity index (χ0v) is 14.1. The van der Waals surface area contributed by atoms with Crippen LogP contribution in [0.15, 0.2) is 48.7 Å². The summed E-state index contributed by atoms with van der Waals surface area (Å²) in [6.07, 6.45) is 4.40. The molecule has 4 rings (SSSR count). The van der Waals surface area contributed by atoms with Crippen molar-refractivity contribution >= 4 is 5.82 Å². The van der Waals surface area contributed by atoms with E-state index < -0.39 is 0 Å². The highest BCUT2D eigenvalue weighted by molar-refractivity contribution is 5.49. The minimum Gasteiger partial charge on any atom is -0.378 e. The van der Waals surface area contributed by atoms with Crippen LogP contribution in [0.4, 0.5) is 5.82 Å². The van der Waals surface area contributed by atoms with Crippen LogP contribution < -0.4 is 4.90 Å². The van der Waals surface area contributed by atoms with Gasteiger partial charge in [0.05, 0.1) is 13.2 Å². The van der Waals surface area contributed by atoms with E-state index >= 15 is 0 Å². The van der Waals surface area contributed by atoms with Crippen molar-refractivity contribution in [2.45, 2.75) is 25.4 Å². The largest absolute Gasteiger partial charge is 0.378 e. The molecule has 0 aliphatic carbocycles. The van der Waals surface area contributed by atoms with Crippen LogP contribution in [0.1, 0.15) is 30.0 Å². The third kappa shape index (κ3) is 3.30. The molecule has 2 saturated heterocycles. The Balaban J connectivity index is 1.58. The molecule has 0 amide bonds. The van der Waals surface area contributed by atoms with Crippen LogP contribution in [0.25, 0.3) is 0 Å². The summed E-state index contributed by atoms with van der Waals surface area (Å²) in [5.74, 6) is 1.16. The summed E-state index contributed by atoms with van der Waals surface area (Å²) in [4.78, 5) is 9.73. The van der Waals surface area contributed by atoms with Crippen molar-refractivity contribution in [2.75, 3.05) is 37.7 Å². The molecule has 4 heteroatoms. The Kier molecular flexibility index (Phi) is 4.76. The summed E-state index contributed by atoms with van der Waals surface area (Å²) in [6, 6.07) is 15.6. The van der Waals surface area contributed by atoms with Gasteiger partial charge in [0.15, 0.2) is 0 Å². The minimum absolute atomic E-state index is 0.469. The first-order chi connectivity index (χ1) is 11.9. The van der Waals surface area contributed by atoms with Crippen LogP contribution in [0.3, 0.4) is 0 Å². The summed E-state index contributed by atoms with van der Waals surface area (Å²) in [5, 5.41) is 0. The van der Waals surface area contributed by atoms with E-state index in [9.17, 15) is 0 Å². The number of pyridine rings is 1. The van der Waals surface area contributed by atoms with Crippen molar-refractivity contribution in [3.8, 4) is 0 Å². The molecule has 2 fully saturated rings. The summed E-state index contributed by atoms with van der Waals surface area (Å²) in [5.41, 5.74) is 2.77. The van der Waals surface area contributed by atoms with Crippen LogP contribution in [0.5, 0.6) is 0 Å². The quantitative estimate of drug-likeness (QED) is 0.863. The molecule has 4 nitrogen and oxygen atoms in total. The standard InChI is InChI=1S/C20H25N3O/c1-2-6-17(7-3-1)16-23-11-5-9-19(23)18-8-4-10-21-20(18)22-12-14-24-15-13-22/h1-4,6-8,10,19H,5,9,11-16H2. The van der Waals surface area contributed by atoms with Crippen LogP contribution >= 0.6 is 0 Å². The Morgan fingerprint density at radius 2 is 1.83 bits per heavy atom. The first-order valence-electron chi connectivity index (χ1n) is 8.97. The molecule has 24 heavy (non-hydrogen) atoms. The fourth-order valence-corrected chi connectivity index (χ4v) is 3.89.